The highest BCUT2D eigenvalue weighted by Crippen LogP contribution is 2.32. The molecule has 0 spiro atoms. The van der Waals surface area contributed by atoms with Gasteiger partial charge in [-0.3, -0.25) is 14.5 Å². The van der Waals surface area contributed by atoms with Crippen LogP contribution in [-0.2, 0) is 17.4 Å². The number of piperazine rings is 1. The first kappa shape index (κ1) is 22.8. The maximum absolute atomic E-state index is 13.2. The Morgan fingerprint density at radius 3 is 2.32 bits per heavy atom. The molecule has 2 aromatic rings. The monoisotopic (exact) mass is 433 g/mol. The van der Waals surface area contributed by atoms with Crippen LogP contribution in [0.1, 0.15) is 34.0 Å². The van der Waals surface area contributed by atoms with Crippen LogP contribution in [-0.4, -0.2) is 54.3 Å². The number of hydrogen-bond acceptors (Lipinski definition) is 3. The van der Waals surface area contributed by atoms with Gasteiger partial charge in [-0.15, -0.1) is 0 Å². The van der Waals surface area contributed by atoms with Gasteiger partial charge < -0.3 is 10.2 Å². The fourth-order valence-electron chi connectivity index (χ4n) is 3.78. The van der Waals surface area contributed by atoms with E-state index in [2.05, 4.69) is 5.32 Å². The van der Waals surface area contributed by atoms with E-state index in [-0.39, 0.29) is 31.1 Å². The van der Waals surface area contributed by atoms with E-state index in [0.717, 1.165) is 29.3 Å². The minimum Gasteiger partial charge on any atom is -0.336 e. The largest absolute Gasteiger partial charge is 0.417 e. The maximum atomic E-state index is 13.2. The third-order valence-corrected chi connectivity index (χ3v) is 5.49. The van der Waals surface area contributed by atoms with Gasteiger partial charge >= 0.3 is 6.18 Å². The lowest BCUT2D eigenvalue weighted by Crippen LogP contribution is -2.50. The van der Waals surface area contributed by atoms with Gasteiger partial charge in [0.15, 0.2) is 0 Å². The molecule has 5 nitrogen and oxygen atoms in total. The Labute approximate surface area is 179 Å². The smallest absolute Gasteiger partial charge is 0.336 e. The zero-order chi connectivity index (χ0) is 22.6. The molecule has 1 aliphatic rings. The average Bonchev–Trinajstić information content (AvgIpc) is 2.74. The minimum absolute atomic E-state index is 0.147. The molecule has 0 bridgehead atoms. The summed E-state index contributed by atoms with van der Waals surface area (Å²) in [4.78, 5) is 28.5. The zero-order valence-electron chi connectivity index (χ0n) is 17.6. The topological polar surface area (TPSA) is 52.7 Å². The number of hydrogen-bond donors (Lipinski definition) is 1. The van der Waals surface area contributed by atoms with Crippen molar-refractivity contribution in [1.82, 2.24) is 9.80 Å². The van der Waals surface area contributed by atoms with Crippen LogP contribution in [0.15, 0.2) is 42.5 Å². The van der Waals surface area contributed by atoms with E-state index in [0.29, 0.717) is 13.1 Å². The van der Waals surface area contributed by atoms with Gasteiger partial charge in [-0.05, 0) is 36.6 Å². The molecule has 1 saturated heterocycles. The number of halogens is 3. The molecule has 8 heteroatoms. The van der Waals surface area contributed by atoms with Crippen LogP contribution in [0.25, 0.3) is 0 Å². The first-order chi connectivity index (χ1) is 14.7. The van der Waals surface area contributed by atoms with Gasteiger partial charge in [0.25, 0.3) is 5.91 Å². The van der Waals surface area contributed by atoms with Crippen molar-refractivity contribution in [2.75, 3.05) is 38.0 Å². The summed E-state index contributed by atoms with van der Waals surface area (Å²) in [5.74, 6) is -0.782. The van der Waals surface area contributed by atoms with Gasteiger partial charge in [0, 0.05) is 31.9 Å². The number of rotatable bonds is 5. The Kier molecular flexibility index (Phi) is 7.00. The number of aryl methyl sites for hydroxylation is 2. The Hall–Kier alpha value is -2.87. The molecular weight excluding hydrogens is 407 g/mol. The molecule has 2 aromatic carbocycles. The van der Waals surface area contributed by atoms with Crippen molar-refractivity contribution in [3.63, 3.8) is 0 Å². The van der Waals surface area contributed by atoms with Crippen molar-refractivity contribution in [2.45, 2.75) is 26.4 Å². The number of carbonyl (C=O) groups excluding carboxylic acids is 2. The van der Waals surface area contributed by atoms with Crippen molar-refractivity contribution in [3.05, 3.63) is 64.7 Å². The predicted molar refractivity (Wildman–Crippen MR) is 113 cm³/mol. The molecular formula is C23H26F3N3O2. The lowest BCUT2D eigenvalue weighted by Gasteiger charge is -2.34. The number of para-hydroxylation sites is 1. The van der Waals surface area contributed by atoms with E-state index in [9.17, 15) is 22.8 Å². The van der Waals surface area contributed by atoms with E-state index in [1.54, 1.807) is 0 Å². The van der Waals surface area contributed by atoms with Gasteiger partial charge in [-0.1, -0.05) is 37.3 Å². The first-order valence-electron chi connectivity index (χ1n) is 10.3. The molecule has 1 aliphatic heterocycles. The van der Waals surface area contributed by atoms with Crippen molar-refractivity contribution >= 4 is 17.5 Å². The van der Waals surface area contributed by atoms with Gasteiger partial charge in [0.2, 0.25) is 5.91 Å². The number of benzene rings is 2. The van der Waals surface area contributed by atoms with Gasteiger partial charge in [0.05, 0.1) is 17.7 Å². The highest BCUT2D eigenvalue weighted by Gasteiger charge is 2.36. The van der Waals surface area contributed by atoms with Crippen LogP contribution in [0.5, 0.6) is 0 Å². The van der Waals surface area contributed by atoms with Crippen LogP contribution in [0, 0.1) is 6.92 Å². The molecule has 166 valence electrons. The minimum atomic E-state index is -4.58. The van der Waals surface area contributed by atoms with Crippen LogP contribution < -0.4 is 5.32 Å². The van der Waals surface area contributed by atoms with Crippen molar-refractivity contribution < 1.29 is 22.8 Å². The van der Waals surface area contributed by atoms with E-state index >= 15 is 0 Å². The molecule has 0 radical (unpaired) electrons. The summed E-state index contributed by atoms with van der Waals surface area (Å²) in [6.07, 6.45) is -3.78. The van der Waals surface area contributed by atoms with Crippen LogP contribution in [0.2, 0.25) is 0 Å². The quantitative estimate of drug-likeness (QED) is 0.776. The molecule has 0 aliphatic carbocycles. The third-order valence-electron chi connectivity index (χ3n) is 5.49. The molecule has 31 heavy (non-hydrogen) atoms. The summed E-state index contributed by atoms with van der Waals surface area (Å²) in [5.41, 5.74) is 1.62. The van der Waals surface area contributed by atoms with Gasteiger partial charge in [-0.25, -0.2) is 0 Å². The van der Waals surface area contributed by atoms with E-state index in [1.165, 1.54) is 23.1 Å². The Bertz CT molecular complexity index is 951. The number of carbonyl (C=O) groups is 2. The summed E-state index contributed by atoms with van der Waals surface area (Å²) in [6.45, 7) is 5.50. The first-order valence-corrected chi connectivity index (χ1v) is 10.3. The number of amides is 2. The van der Waals surface area contributed by atoms with Crippen LogP contribution in [0.3, 0.4) is 0 Å². The Morgan fingerprint density at radius 2 is 1.68 bits per heavy atom. The van der Waals surface area contributed by atoms with Crippen molar-refractivity contribution in [3.8, 4) is 0 Å². The van der Waals surface area contributed by atoms with Gasteiger partial charge in [-0.2, -0.15) is 13.2 Å². The van der Waals surface area contributed by atoms with E-state index < -0.39 is 17.6 Å². The Morgan fingerprint density at radius 1 is 1.00 bits per heavy atom. The number of nitrogens with zero attached hydrogens (tertiary/aromatic N) is 2. The normalized spacial score (nSPS) is 15.1. The summed E-state index contributed by atoms with van der Waals surface area (Å²) in [6, 6.07) is 10.7. The molecule has 1 N–H and O–H groups in total. The molecule has 0 atom stereocenters. The summed E-state index contributed by atoms with van der Waals surface area (Å²) in [5, 5.41) is 2.97. The van der Waals surface area contributed by atoms with E-state index in [1.807, 2.05) is 36.9 Å². The predicted octanol–water partition coefficient (Wildman–Crippen LogP) is 3.97. The van der Waals surface area contributed by atoms with E-state index in [4.69, 9.17) is 0 Å². The summed E-state index contributed by atoms with van der Waals surface area (Å²) >= 11 is 0. The van der Waals surface area contributed by atoms with Crippen LogP contribution in [0.4, 0.5) is 18.9 Å². The maximum Gasteiger partial charge on any atom is 0.417 e. The number of nitrogens with one attached hydrogen (secondary N) is 1. The Balaban J connectivity index is 1.58. The SMILES string of the molecule is CCc1cccc(C)c1NC(=O)CN1CCN(C(=O)c2ccccc2C(F)(F)F)CC1. The summed E-state index contributed by atoms with van der Waals surface area (Å²) < 4.78 is 39.7. The third kappa shape index (κ3) is 5.44. The number of alkyl halides is 3. The molecule has 1 heterocycles. The highest BCUT2D eigenvalue weighted by molar-refractivity contribution is 5.96. The van der Waals surface area contributed by atoms with Crippen LogP contribution >= 0.6 is 0 Å². The second-order valence-corrected chi connectivity index (χ2v) is 7.62. The fourth-order valence-corrected chi connectivity index (χ4v) is 3.78. The lowest BCUT2D eigenvalue weighted by molar-refractivity contribution is -0.138. The average molecular weight is 433 g/mol. The molecule has 1 fully saturated rings. The zero-order valence-corrected chi connectivity index (χ0v) is 17.6. The molecule has 0 unspecified atom stereocenters. The molecule has 0 saturated carbocycles. The molecule has 3 rings (SSSR count). The summed E-state index contributed by atoms with van der Waals surface area (Å²) in [7, 11) is 0. The van der Waals surface area contributed by atoms with Crippen molar-refractivity contribution in [1.29, 1.82) is 0 Å². The highest BCUT2D eigenvalue weighted by atomic mass is 19.4. The standard InChI is InChI=1S/C23H26F3N3O2/c1-3-17-8-6-7-16(2)21(17)27-20(30)15-28-11-13-29(14-12-28)22(31)18-9-4-5-10-19(18)23(24,25)26/h4-10H,3,11-15H2,1-2H3,(H,27,30). The molecule has 2 amide bonds. The second-order valence-electron chi connectivity index (χ2n) is 7.62. The fraction of sp³-hybridized carbons (Fsp3) is 0.391. The molecule has 0 aromatic heterocycles. The second kappa shape index (κ2) is 9.51. The van der Waals surface area contributed by atoms with Gasteiger partial charge in [0.1, 0.15) is 0 Å². The lowest BCUT2D eigenvalue weighted by atomic mass is 10.1. The van der Waals surface area contributed by atoms with Crippen molar-refractivity contribution in [2.24, 2.45) is 0 Å². The number of anilines is 1.